The Morgan fingerprint density at radius 1 is 1.17 bits per heavy atom. The lowest BCUT2D eigenvalue weighted by atomic mass is 9.91. The van der Waals surface area contributed by atoms with Crippen molar-refractivity contribution in [3.63, 3.8) is 0 Å². The molecular weight excluding hydrogens is 626 g/mol. The summed E-state index contributed by atoms with van der Waals surface area (Å²) in [6, 6.07) is 8.90. The van der Waals surface area contributed by atoms with Crippen LogP contribution in [0.25, 0.3) is 0 Å². The molecule has 190 valence electrons. The number of alkyl halides is 3. The van der Waals surface area contributed by atoms with Gasteiger partial charge >= 0.3 is 6.18 Å². The Morgan fingerprint density at radius 3 is 2.43 bits per heavy atom. The molecule has 4 rings (SSSR count). The third kappa shape index (κ3) is 5.47. The maximum atomic E-state index is 13.1. The summed E-state index contributed by atoms with van der Waals surface area (Å²) in [5.74, 6) is -0.378. The van der Waals surface area contributed by atoms with Crippen LogP contribution >= 0.6 is 34.2 Å². The Bertz CT molecular complexity index is 1250. The number of rotatable bonds is 6. The number of piperidine rings is 1. The predicted molar refractivity (Wildman–Crippen MR) is 129 cm³/mol. The lowest BCUT2D eigenvalue weighted by molar-refractivity contribution is -0.266. The van der Waals surface area contributed by atoms with E-state index in [1.807, 2.05) is 27.3 Å². The van der Waals surface area contributed by atoms with Crippen molar-refractivity contribution in [3.8, 4) is 5.75 Å². The molecule has 0 spiro atoms. The summed E-state index contributed by atoms with van der Waals surface area (Å²) < 4.78 is 73.4. The fraction of sp³-hybridized carbons (Fsp3) is 0.429. The molecule has 2 aliphatic rings. The van der Waals surface area contributed by atoms with Gasteiger partial charge < -0.3 is 14.7 Å². The topological polar surface area (TPSA) is 109 Å². The zero-order chi connectivity index (χ0) is 25.6. The summed E-state index contributed by atoms with van der Waals surface area (Å²) in [5, 5.41) is 9.78. The average Bonchev–Trinajstić information content (AvgIpc) is 3.57. The maximum absolute atomic E-state index is 13.1. The molecule has 0 radical (unpaired) electrons. The monoisotopic (exact) mass is 645 g/mol. The van der Waals surface area contributed by atoms with Crippen LogP contribution in [0.5, 0.6) is 5.75 Å². The third-order valence-corrected chi connectivity index (χ3v) is 8.33. The van der Waals surface area contributed by atoms with Gasteiger partial charge in [0.05, 0.1) is 3.57 Å². The van der Waals surface area contributed by atoms with Crippen molar-refractivity contribution in [2.24, 2.45) is 0 Å². The molecule has 2 N–H and O–H groups in total. The summed E-state index contributed by atoms with van der Waals surface area (Å²) in [7, 11) is -4.40. The number of aliphatic hydroxyl groups is 1. The molecule has 1 aromatic heterocycles. The van der Waals surface area contributed by atoms with Gasteiger partial charge in [0, 0.05) is 43.8 Å². The summed E-state index contributed by atoms with van der Waals surface area (Å²) >= 11 is 8.00. The standard InChI is InChI=1S/C21H20ClF3IN3O5S/c22-13-4-5-14(26)15(12-13)34-19(6-7-19)18(30)28-35(32,33)17-3-1-2-16(27-17)29-10-8-20(31,9-11-29)21(23,24)25/h1-5,12,31H,6-11H2,(H,28,30). The highest BCUT2D eigenvalue weighted by atomic mass is 127. The van der Waals surface area contributed by atoms with Gasteiger partial charge in [-0.25, -0.2) is 9.71 Å². The van der Waals surface area contributed by atoms with Crippen LogP contribution < -0.4 is 14.4 Å². The van der Waals surface area contributed by atoms with E-state index in [1.54, 1.807) is 12.1 Å². The normalized spacial score (nSPS) is 19.2. The minimum absolute atomic E-state index is 0.121. The highest BCUT2D eigenvalue weighted by Gasteiger charge is 2.55. The first kappa shape index (κ1) is 26.2. The maximum Gasteiger partial charge on any atom is 0.417 e. The quantitative estimate of drug-likeness (QED) is 0.462. The van der Waals surface area contributed by atoms with Gasteiger partial charge in [-0.1, -0.05) is 17.7 Å². The van der Waals surface area contributed by atoms with Crippen LogP contribution in [0.15, 0.2) is 41.4 Å². The van der Waals surface area contributed by atoms with Crippen molar-refractivity contribution < 1.29 is 36.2 Å². The van der Waals surface area contributed by atoms with Crippen LogP contribution in [0, 0.1) is 3.57 Å². The van der Waals surface area contributed by atoms with Crippen LogP contribution in [-0.4, -0.2) is 54.9 Å². The largest absolute Gasteiger partial charge is 0.476 e. The van der Waals surface area contributed by atoms with Gasteiger partial charge in [0.1, 0.15) is 11.6 Å². The molecule has 1 aliphatic heterocycles. The summed E-state index contributed by atoms with van der Waals surface area (Å²) in [4.78, 5) is 18.3. The molecule has 1 aliphatic carbocycles. The van der Waals surface area contributed by atoms with Crippen molar-refractivity contribution >= 4 is 55.9 Å². The van der Waals surface area contributed by atoms with Gasteiger partial charge in [-0.05, 0) is 52.9 Å². The van der Waals surface area contributed by atoms with Gasteiger partial charge in [-0.2, -0.15) is 21.6 Å². The number of carbonyl (C=O) groups excluding carboxylic acids is 1. The Balaban J connectivity index is 1.47. The first-order valence-corrected chi connectivity index (χ1v) is 13.4. The minimum Gasteiger partial charge on any atom is -0.476 e. The smallest absolute Gasteiger partial charge is 0.417 e. The zero-order valence-corrected chi connectivity index (χ0v) is 21.7. The number of carbonyl (C=O) groups is 1. The molecule has 1 saturated carbocycles. The molecule has 2 heterocycles. The minimum atomic E-state index is -4.76. The van der Waals surface area contributed by atoms with E-state index in [4.69, 9.17) is 16.3 Å². The first-order chi connectivity index (χ1) is 16.2. The molecule has 1 saturated heterocycles. The molecule has 14 heteroatoms. The Labute approximate surface area is 218 Å². The zero-order valence-electron chi connectivity index (χ0n) is 18.0. The van der Waals surface area contributed by atoms with Gasteiger partial charge in [0.2, 0.25) is 0 Å². The molecule has 2 aromatic rings. The number of aromatic nitrogens is 1. The fourth-order valence-electron chi connectivity index (χ4n) is 3.64. The second kappa shape index (κ2) is 9.23. The van der Waals surface area contributed by atoms with Crippen LogP contribution in [0.4, 0.5) is 19.0 Å². The first-order valence-electron chi connectivity index (χ1n) is 10.5. The summed E-state index contributed by atoms with van der Waals surface area (Å²) in [6.45, 7) is -0.345. The highest BCUT2D eigenvalue weighted by Crippen LogP contribution is 2.43. The molecule has 0 unspecified atom stereocenters. The second-order valence-electron chi connectivity index (χ2n) is 8.46. The Morgan fingerprint density at radius 2 is 1.83 bits per heavy atom. The van der Waals surface area contributed by atoms with E-state index < -0.39 is 51.2 Å². The molecule has 2 fully saturated rings. The third-order valence-electron chi connectivity index (χ3n) is 5.97. The van der Waals surface area contributed by atoms with Crippen LogP contribution in [0.3, 0.4) is 0 Å². The molecular formula is C21H20ClF3IN3O5S. The van der Waals surface area contributed by atoms with Gasteiger partial charge in [-0.15, -0.1) is 0 Å². The van der Waals surface area contributed by atoms with E-state index in [0.29, 0.717) is 27.2 Å². The van der Waals surface area contributed by atoms with E-state index in [9.17, 15) is 31.5 Å². The average molecular weight is 646 g/mol. The number of benzene rings is 1. The van der Waals surface area contributed by atoms with Crippen molar-refractivity contribution in [2.75, 3.05) is 18.0 Å². The van der Waals surface area contributed by atoms with Crippen molar-refractivity contribution in [2.45, 2.75) is 48.1 Å². The number of hydrogen-bond donors (Lipinski definition) is 2. The Hall–Kier alpha value is -1.84. The van der Waals surface area contributed by atoms with E-state index in [0.717, 1.165) is 0 Å². The van der Waals surface area contributed by atoms with E-state index in [-0.39, 0.29) is 18.9 Å². The molecule has 1 amide bonds. The fourth-order valence-corrected chi connectivity index (χ4v) is 5.25. The molecule has 8 nitrogen and oxygen atoms in total. The number of hydrogen-bond acceptors (Lipinski definition) is 7. The summed E-state index contributed by atoms with van der Waals surface area (Å²) in [6.07, 6.45) is -5.30. The number of ether oxygens (including phenoxy) is 1. The van der Waals surface area contributed by atoms with Gasteiger partial charge in [0.15, 0.2) is 16.2 Å². The van der Waals surface area contributed by atoms with Crippen LogP contribution in [0.1, 0.15) is 25.7 Å². The van der Waals surface area contributed by atoms with Crippen molar-refractivity contribution in [3.05, 3.63) is 45.0 Å². The number of halogens is 5. The summed E-state index contributed by atoms with van der Waals surface area (Å²) in [5.41, 5.74) is -4.15. The number of nitrogens with one attached hydrogen (secondary N) is 1. The number of anilines is 1. The second-order valence-corrected chi connectivity index (χ2v) is 11.7. The molecule has 0 atom stereocenters. The van der Waals surface area contributed by atoms with Crippen LogP contribution in [-0.2, 0) is 14.8 Å². The van der Waals surface area contributed by atoms with Crippen LogP contribution in [0.2, 0.25) is 5.02 Å². The molecule has 35 heavy (non-hydrogen) atoms. The SMILES string of the molecule is O=C(NS(=O)(=O)c1cccc(N2CCC(O)(C(F)(F)F)CC2)n1)C1(Oc2cc(Cl)ccc2I)CC1. The lowest BCUT2D eigenvalue weighted by Gasteiger charge is -2.39. The number of sulfonamides is 1. The number of pyridine rings is 1. The number of nitrogens with zero attached hydrogens (tertiary/aromatic N) is 2. The number of amides is 1. The van der Waals surface area contributed by atoms with Gasteiger partial charge in [-0.3, -0.25) is 4.79 Å². The van der Waals surface area contributed by atoms with E-state index >= 15 is 0 Å². The van der Waals surface area contributed by atoms with E-state index in [1.165, 1.54) is 29.2 Å². The van der Waals surface area contributed by atoms with E-state index in [2.05, 4.69) is 4.98 Å². The Kier molecular flexibility index (Phi) is 6.92. The highest BCUT2D eigenvalue weighted by molar-refractivity contribution is 14.1. The molecule has 1 aromatic carbocycles. The van der Waals surface area contributed by atoms with Gasteiger partial charge in [0.25, 0.3) is 15.9 Å². The van der Waals surface area contributed by atoms with Crippen molar-refractivity contribution in [1.82, 2.24) is 9.71 Å². The molecule has 0 bridgehead atoms. The lowest BCUT2D eigenvalue weighted by Crippen LogP contribution is -2.53. The van der Waals surface area contributed by atoms with Crippen molar-refractivity contribution in [1.29, 1.82) is 0 Å². The predicted octanol–water partition coefficient (Wildman–Crippen LogP) is 3.65.